The van der Waals surface area contributed by atoms with Gasteiger partial charge in [0.1, 0.15) is 5.75 Å². The molecule has 5 heteroatoms. The molecule has 0 spiro atoms. The highest BCUT2D eigenvalue weighted by molar-refractivity contribution is 6.31. The molecule has 0 saturated carbocycles. The SMILES string of the molecule is COc1ccc2nc3cc(Cl)ccc3c(C(C)(N)CCCN)c2c1. The third kappa shape index (κ3) is 3.05. The van der Waals surface area contributed by atoms with Crippen molar-refractivity contribution in [1.82, 2.24) is 4.98 Å². The highest BCUT2D eigenvalue weighted by Gasteiger charge is 2.26. The standard InChI is InChI=1S/C19H22ClN3O/c1-19(22,8-3-9-21)18-14-6-4-12(20)10-17(14)23-16-7-5-13(24-2)11-15(16)18/h4-7,10-11H,3,8-9,21-22H2,1-2H3. The molecule has 1 aromatic heterocycles. The van der Waals surface area contributed by atoms with Gasteiger partial charge in [-0.25, -0.2) is 4.98 Å². The molecule has 3 aromatic rings. The van der Waals surface area contributed by atoms with Crippen molar-refractivity contribution in [2.75, 3.05) is 13.7 Å². The maximum Gasteiger partial charge on any atom is 0.119 e. The molecule has 0 amide bonds. The van der Waals surface area contributed by atoms with Crippen LogP contribution in [0.5, 0.6) is 5.75 Å². The van der Waals surface area contributed by atoms with Crippen molar-refractivity contribution < 1.29 is 4.74 Å². The van der Waals surface area contributed by atoms with Crippen LogP contribution in [0.3, 0.4) is 0 Å². The van der Waals surface area contributed by atoms with E-state index in [0.29, 0.717) is 11.6 Å². The van der Waals surface area contributed by atoms with Crippen molar-refractivity contribution in [1.29, 1.82) is 0 Å². The molecule has 3 rings (SSSR count). The molecule has 4 N–H and O–H groups in total. The van der Waals surface area contributed by atoms with E-state index in [1.807, 2.05) is 43.3 Å². The van der Waals surface area contributed by atoms with E-state index in [1.54, 1.807) is 7.11 Å². The molecule has 0 aliphatic heterocycles. The number of benzene rings is 2. The predicted molar refractivity (Wildman–Crippen MR) is 101 cm³/mol. The summed E-state index contributed by atoms with van der Waals surface area (Å²) in [5, 5.41) is 2.68. The lowest BCUT2D eigenvalue weighted by Crippen LogP contribution is -2.34. The predicted octanol–water partition coefficient (Wildman–Crippen LogP) is 3.96. The maximum absolute atomic E-state index is 6.73. The fraction of sp³-hybridized carbons (Fsp3) is 0.316. The summed E-state index contributed by atoms with van der Waals surface area (Å²) < 4.78 is 5.39. The Labute approximate surface area is 146 Å². The first-order valence-electron chi connectivity index (χ1n) is 8.03. The number of ether oxygens (including phenoxy) is 1. The summed E-state index contributed by atoms with van der Waals surface area (Å²) in [6.45, 7) is 2.66. The van der Waals surface area contributed by atoms with E-state index in [9.17, 15) is 0 Å². The minimum atomic E-state index is -0.529. The Balaban J connectivity index is 2.38. The van der Waals surface area contributed by atoms with Crippen LogP contribution in [0.1, 0.15) is 25.3 Å². The van der Waals surface area contributed by atoms with Crippen LogP contribution in [-0.2, 0) is 5.54 Å². The second-order valence-electron chi connectivity index (χ2n) is 6.34. The number of rotatable bonds is 5. The molecule has 0 saturated heterocycles. The van der Waals surface area contributed by atoms with Crippen LogP contribution in [-0.4, -0.2) is 18.6 Å². The van der Waals surface area contributed by atoms with Crippen molar-refractivity contribution in [3.63, 3.8) is 0 Å². The smallest absolute Gasteiger partial charge is 0.119 e. The molecular weight excluding hydrogens is 322 g/mol. The van der Waals surface area contributed by atoms with Crippen LogP contribution in [0.25, 0.3) is 21.8 Å². The minimum absolute atomic E-state index is 0.529. The highest BCUT2D eigenvalue weighted by atomic mass is 35.5. The largest absolute Gasteiger partial charge is 0.497 e. The molecule has 0 aliphatic rings. The fourth-order valence-corrected chi connectivity index (χ4v) is 3.40. The van der Waals surface area contributed by atoms with Gasteiger partial charge in [-0.05, 0) is 62.2 Å². The van der Waals surface area contributed by atoms with Crippen LogP contribution < -0.4 is 16.2 Å². The lowest BCUT2D eigenvalue weighted by molar-refractivity contribution is 0.415. The summed E-state index contributed by atoms with van der Waals surface area (Å²) in [5.41, 5.74) is 14.7. The number of nitrogens with two attached hydrogens (primary N) is 2. The van der Waals surface area contributed by atoms with E-state index >= 15 is 0 Å². The Kier molecular flexibility index (Phi) is 4.63. The molecule has 0 bridgehead atoms. The molecular formula is C19H22ClN3O. The van der Waals surface area contributed by atoms with E-state index in [1.165, 1.54) is 0 Å². The van der Waals surface area contributed by atoms with Gasteiger partial charge in [-0.2, -0.15) is 0 Å². The van der Waals surface area contributed by atoms with Crippen molar-refractivity contribution in [2.24, 2.45) is 11.5 Å². The summed E-state index contributed by atoms with van der Waals surface area (Å²) in [7, 11) is 1.66. The number of fused-ring (bicyclic) bond motifs is 2. The number of pyridine rings is 1. The Bertz CT molecular complexity index is 893. The first-order chi connectivity index (χ1) is 11.5. The molecule has 1 atom stereocenters. The minimum Gasteiger partial charge on any atom is -0.497 e. The Morgan fingerprint density at radius 3 is 2.62 bits per heavy atom. The van der Waals surface area contributed by atoms with E-state index in [0.717, 1.165) is 46.0 Å². The van der Waals surface area contributed by atoms with Gasteiger partial charge in [0.15, 0.2) is 0 Å². The van der Waals surface area contributed by atoms with Gasteiger partial charge in [-0.15, -0.1) is 0 Å². The van der Waals surface area contributed by atoms with E-state index in [-0.39, 0.29) is 0 Å². The highest BCUT2D eigenvalue weighted by Crippen LogP contribution is 2.37. The Hall–Kier alpha value is -1.88. The third-order valence-electron chi connectivity index (χ3n) is 4.41. The molecule has 0 fully saturated rings. The van der Waals surface area contributed by atoms with Crippen LogP contribution in [0.2, 0.25) is 5.02 Å². The summed E-state index contributed by atoms with van der Waals surface area (Å²) in [6, 6.07) is 11.6. The van der Waals surface area contributed by atoms with Crippen LogP contribution in [0, 0.1) is 0 Å². The van der Waals surface area contributed by atoms with Crippen molar-refractivity contribution in [3.05, 3.63) is 47.0 Å². The number of methoxy groups -OCH3 is 1. The Morgan fingerprint density at radius 1 is 1.12 bits per heavy atom. The second kappa shape index (κ2) is 6.55. The lowest BCUT2D eigenvalue weighted by Gasteiger charge is -2.28. The van der Waals surface area contributed by atoms with Crippen LogP contribution in [0.4, 0.5) is 0 Å². The molecule has 1 heterocycles. The van der Waals surface area contributed by atoms with E-state index in [4.69, 9.17) is 32.8 Å². The number of hydrogen-bond acceptors (Lipinski definition) is 4. The van der Waals surface area contributed by atoms with Gasteiger partial charge in [0, 0.05) is 21.3 Å². The van der Waals surface area contributed by atoms with Gasteiger partial charge in [-0.3, -0.25) is 0 Å². The number of aromatic nitrogens is 1. The van der Waals surface area contributed by atoms with Crippen LogP contribution >= 0.6 is 11.6 Å². The second-order valence-corrected chi connectivity index (χ2v) is 6.78. The van der Waals surface area contributed by atoms with Gasteiger partial charge < -0.3 is 16.2 Å². The fourth-order valence-electron chi connectivity index (χ4n) is 3.23. The van der Waals surface area contributed by atoms with Gasteiger partial charge in [0.2, 0.25) is 0 Å². The zero-order chi connectivity index (χ0) is 17.3. The van der Waals surface area contributed by atoms with Gasteiger partial charge >= 0.3 is 0 Å². The Morgan fingerprint density at radius 2 is 1.92 bits per heavy atom. The van der Waals surface area contributed by atoms with E-state index < -0.39 is 5.54 Å². The average molecular weight is 344 g/mol. The third-order valence-corrected chi connectivity index (χ3v) is 4.65. The zero-order valence-electron chi connectivity index (χ0n) is 14.0. The quantitative estimate of drug-likeness (QED) is 0.687. The van der Waals surface area contributed by atoms with Crippen LogP contribution in [0.15, 0.2) is 36.4 Å². The molecule has 4 nitrogen and oxygen atoms in total. The lowest BCUT2D eigenvalue weighted by atomic mass is 9.83. The monoisotopic (exact) mass is 343 g/mol. The molecule has 2 aromatic carbocycles. The topological polar surface area (TPSA) is 74.2 Å². The van der Waals surface area contributed by atoms with Crippen molar-refractivity contribution >= 4 is 33.4 Å². The first kappa shape index (κ1) is 17.0. The van der Waals surface area contributed by atoms with Crippen molar-refractivity contribution in [2.45, 2.75) is 25.3 Å². The number of halogens is 1. The number of nitrogens with zero attached hydrogens (tertiary/aromatic N) is 1. The molecule has 24 heavy (non-hydrogen) atoms. The van der Waals surface area contributed by atoms with Gasteiger partial charge in [0.05, 0.1) is 18.1 Å². The molecule has 126 valence electrons. The number of hydrogen-bond donors (Lipinski definition) is 2. The first-order valence-corrected chi connectivity index (χ1v) is 8.40. The normalized spacial score (nSPS) is 14.0. The molecule has 0 aliphatic carbocycles. The maximum atomic E-state index is 6.73. The van der Waals surface area contributed by atoms with Gasteiger partial charge in [-0.1, -0.05) is 17.7 Å². The average Bonchev–Trinajstić information content (AvgIpc) is 2.57. The summed E-state index contributed by atoms with van der Waals surface area (Å²) in [5.74, 6) is 0.786. The summed E-state index contributed by atoms with van der Waals surface area (Å²) in [6.07, 6.45) is 1.65. The van der Waals surface area contributed by atoms with E-state index in [2.05, 4.69) is 0 Å². The molecule has 1 unspecified atom stereocenters. The molecule has 0 radical (unpaired) electrons. The van der Waals surface area contributed by atoms with Gasteiger partial charge in [0.25, 0.3) is 0 Å². The zero-order valence-corrected chi connectivity index (χ0v) is 14.7. The van der Waals surface area contributed by atoms with Crippen molar-refractivity contribution in [3.8, 4) is 5.75 Å². The summed E-state index contributed by atoms with van der Waals surface area (Å²) in [4.78, 5) is 4.75. The summed E-state index contributed by atoms with van der Waals surface area (Å²) >= 11 is 6.16.